The van der Waals surface area contributed by atoms with Gasteiger partial charge in [0, 0.05) is 38.1 Å². The molecule has 24 heavy (non-hydrogen) atoms. The first-order chi connectivity index (χ1) is 11.5. The van der Waals surface area contributed by atoms with Crippen LogP contribution in [0.25, 0.3) is 0 Å². The van der Waals surface area contributed by atoms with E-state index in [4.69, 9.17) is 0 Å². The van der Waals surface area contributed by atoms with Crippen LogP contribution in [0.1, 0.15) is 25.0 Å². The van der Waals surface area contributed by atoms with Gasteiger partial charge in [-0.15, -0.1) is 0 Å². The molecule has 2 aromatic rings. The molecule has 0 fully saturated rings. The van der Waals surface area contributed by atoms with Gasteiger partial charge < -0.3 is 9.80 Å². The van der Waals surface area contributed by atoms with Crippen LogP contribution in [0.5, 0.6) is 0 Å². The first kappa shape index (κ1) is 17.7. The SMILES string of the molecule is CCN(C(=O)CN(Cc1cccnc1)C(C)=O)c1cccc(C)c1. The van der Waals surface area contributed by atoms with Crippen molar-refractivity contribution in [1.29, 1.82) is 0 Å². The van der Waals surface area contributed by atoms with Crippen LogP contribution < -0.4 is 4.90 Å². The second-order valence-electron chi connectivity index (χ2n) is 5.71. The molecule has 1 heterocycles. The van der Waals surface area contributed by atoms with Crippen molar-refractivity contribution >= 4 is 17.5 Å². The van der Waals surface area contributed by atoms with Crippen LogP contribution in [0.15, 0.2) is 48.8 Å². The van der Waals surface area contributed by atoms with E-state index in [0.717, 1.165) is 16.8 Å². The van der Waals surface area contributed by atoms with Crippen molar-refractivity contribution < 1.29 is 9.59 Å². The lowest BCUT2D eigenvalue weighted by atomic mass is 10.2. The Labute approximate surface area is 142 Å². The molecule has 0 saturated carbocycles. The molecule has 5 heteroatoms. The van der Waals surface area contributed by atoms with Crippen LogP contribution in [0.3, 0.4) is 0 Å². The van der Waals surface area contributed by atoms with Crippen molar-refractivity contribution in [2.75, 3.05) is 18.0 Å². The number of carbonyl (C=O) groups excluding carboxylic acids is 2. The van der Waals surface area contributed by atoms with Crippen molar-refractivity contribution in [3.05, 3.63) is 59.9 Å². The number of anilines is 1. The Kier molecular flexibility index (Phi) is 6.07. The standard InChI is InChI=1S/C19H23N3O2/c1-4-22(18-9-5-7-15(2)11-18)19(24)14-21(16(3)23)13-17-8-6-10-20-12-17/h5-12H,4,13-14H2,1-3H3. The van der Waals surface area contributed by atoms with Gasteiger partial charge in [0.25, 0.3) is 0 Å². The maximum atomic E-state index is 12.7. The number of pyridine rings is 1. The minimum atomic E-state index is -0.132. The number of aryl methyl sites for hydroxylation is 1. The summed E-state index contributed by atoms with van der Waals surface area (Å²) in [6, 6.07) is 11.5. The monoisotopic (exact) mass is 325 g/mol. The van der Waals surface area contributed by atoms with E-state index in [9.17, 15) is 9.59 Å². The van der Waals surface area contributed by atoms with Gasteiger partial charge in [-0.25, -0.2) is 0 Å². The van der Waals surface area contributed by atoms with Crippen LogP contribution in [-0.2, 0) is 16.1 Å². The summed E-state index contributed by atoms with van der Waals surface area (Å²) < 4.78 is 0. The molecule has 0 aliphatic carbocycles. The third kappa shape index (κ3) is 4.65. The van der Waals surface area contributed by atoms with Crippen LogP contribution in [0.2, 0.25) is 0 Å². The molecule has 2 amide bonds. The molecule has 126 valence electrons. The van der Waals surface area contributed by atoms with E-state index < -0.39 is 0 Å². The molecular weight excluding hydrogens is 302 g/mol. The molecule has 0 aliphatic rings. The molecule has 0 spiro atoms. The van der Waals surface area contributed by atoms with Crippen molar-refractivity contribution in [2.45, 2.75) is 27.3 Å². The van der Waals surface area contributed by atoms with Crippen molar-refractivity contribution in [2.24, 2.45) is 0 Å². The van der Waals surface area contributed by atoms with Gasteiger partial charge in [0.2, 0.25) is 11.8 Å². The number of rotatable bonds is 6. The van der Waals surface area contributed by atoms with E-state index in [-0.39, 0.29) is 18.4 Å². The number of likely N-dealkylation sites (N-methyl/N-ethyl adjacent to an activating group) is 1. The topological polar surface area (TPSA) is 53.5 Å². The average molecular weight is 325 g/mol. The van der Waals surface area contributed by atoms with Crippen LogP contribution in [0, 0.1) is 6.92 Å². The Hall–Kier alpha value is -2.69. The summed E-state index contributed by atoms with van der Waals surface area (Å²) in [6.07, 6.45) is 3.39. The van der Waals surface area contributed by atoms with Crippen molar-refractivity contribution in [1.82, 2.24) is 9.88 Å². The fourth-order valence-corrected chi connectivity index (χ4v) is 2.54. The van der Waals surface area contributed by atoms with Gasteiger partial charge >= 0.3 is 0 Å². The van der Waals surface area contributed by atoms with E-state index in [1.165, 1.54) is 11.8 Å². The molecule has 1 aromatic heterocycles. The quantitative estimate of drug-likeness (QED) is 0.820. The van der Waals surface area contributed by atoms with Gasteiger partial charge in [0.05, 0.1) is 0 Å². The van der Waals surface area contributed by atoms with E-state index in [0.29, 0.717) is 13.1 Å². The molecule has 0 radical (unpaired) electrons. The van der Waals surface area contributed by atoms with Gasteiger partial charge in [0.1, 0.15) is 6.54 Å². The molecule has 1 aromatic carbocycles. The van der Waals surface area contributed by atoms with Gasteiger partial charge in [0.15, 0.2) is 0 Å². The minimum absolute atomic E-state index is 0.0476. The number of aromatic nitrogens is 1. The zero-order chi connectivity index (χ0) is 17.5. The molecule has 0 aliphatic heterocycles. The highest BCUT2D eigenvalue weighted by Crippen LogP contribution is 2.16. The number of nitrogens with zero attached hydrogens (tertiary/aromatic N) is 3. The molecule has 0 bridgehead atoms. The zero-order valence-corrected chi connectivity index (χ0v) is 14.4. The van der Waals surface area contributed by atoms with Gasteiger partial charge in [-0.05, 0) is 43.2 Å². The molecule has 5 nitrogen and oxygen atoms in total. The first-order valence-electron chi connectivity index (χ1n) is 8.02. The summed E-state index contributed by atoms with van der Waals surface area (Å²) in [7, 11) is 0. The zero-order valence-electron chi connectivity index (χ0n) is 14.4. The summed E-state index contributed by atoms with van der Waals surface area (Å²) in [5.74, 6) is -0.227. The Bertz CT molecular complexity index is 701. The Morgan fingerprint density at radius 2 is 1.96 bits per heavy atom. The van der Waals surface area contributed by atoms with Gasteiger partial charge in [-0.2, -0.15) is 0 Å². The fourth-order valence-electron chi connectivity index (χ4n) is 2.54. The largest absolute Gasteiger partial charge is 0.329 e. The lowest BCUT2D eigenvalue weighted by Crippen LogP contribution is -2.42. The van der Waals surface area contributed by atoms with Crippen molar-refractivity contribution in [3.63, 3.8) is 0 Å². The highest BCUT2D eigenvalue weighted by molar-refractivity contribution is 5.96. The number of carbonyl (C=O) groups is 2. The summed E-state index contributed by atoms with van der Waals surface area (Å²) in [6.45, 7) is 6.38. The molecular formula is C19H23N3O2. The Balaban J connectivity index is 2.12. The molecule has 2 rings (SSSR count). The molecule has 0 unspecified atom stereocenters. The molecule has 0 saturated heterocycles. The number of hydrogen-bond acceptors (Lipinski definition) is 3. The Morgan fingerprint density at radius 3 is 2.54 bits per heavy atom. The summed E-state index contributed by atoms with van der Waals surface area (Å²) in [4.78, 5) is 31.9. The van der Waals surface area contributed by atoms with Gasteiger partial charge in [-0.1, -0.05) is 18.2 Å². The van der Waals surface area contributed by atoms with E-state index in [1.54, 1.807) is 17.3 Å². The highest BCUT2D eigenvalue weighted by Gasteiger charge is 2.19. The van der Waals surface area contributed by atoms with Crippen LogP contribution in [-0.4, -0.2) is 34.8 Å². The first-order valence-corrected chi connectivity index (χ1v) is 8.02. The molecule has 0 N–H and O–H groups in total. The maximum Gasteiger partial charge on any atom is 0.246 e. The van der Waals surface area contributed by atoms with Gasteiger partial charge in [-0.3, -0.25) is 14.6 Å². The molecule has 0 atom stereocenters. The normalized spacial score (nSPS) is 10.3. The predicted octanol–water partition coefficient (Wildman–Crippen LogP) is 2.79. The van der Waals surface area contributed by atoms with E-state index in [1.807, 2.05) is 50.2 Å². The average Bonchev–Trinajstić information content (AvgIpc) is 2.56. The van der Waals surface area contributed by atoms with Crippen LogP contribution >= 0.6 is 0 Å². The number of hydrogen-bond donors (Lipinski definition) is 0. The van der Waals surface area contributed by atoms with E-state index >= 15 is 0 Å². The number of benzene rings is 1. The van der Waals surface area contributed by atoms with E-state index in [2.05, 4.69) is 4.98 Å². The fraction of sp³-hybridized carbons (Fsp3) is 0.316. The maximum absolute atomic E-state index is 12.7. The van der Waals surface area contributed by atoms with Crippen LogP contribution in [0.4, 0.5) is 5.69 Å². The van der Waals surface area contributed by atoms with Crippen molar-refractivity contribution in [3.8, 4) is 0 Å². The third-order valence-electron chi connectivity index (χ3n) is 3.80. The predicted molar refractivity (Wildman–Crippen MR) is 94.5 cm³/mol. The summed E-state index contributed by atoms with van der Waals surface area (Å²) >= 11 is 0. The Morgan fingerprint density at radius 1 is 1.17 bits per heavy atom. The lowest BCUT2D eigenvalue weighted by Gasteiger charge is -2.26. The lowest BCUT2D eigenvalue weighted by molar-refractivity contribution is -0.134. The minimum Gasteiger partial charge on any atom is -0.329 e. The second kappa shape index (κ2) is 8.24. The number of amides is 2. The highest BCUT2D eigenvalue weighted by atomic mass is 16.2. The third-order valence-corrected chi connectivity index (χ3v) is 3.80. The second-order valence-corrected chi connectivity index (χ2v) is 5.71. The smallest absolute Gasteiger partial charge is 0.246 e. The summed E-state index contributed by atoms with van der Waals surface area (Å²) in [5.41, 5.74) is 2.85. The summed E-state index contributed by atoms with van der Waals surface area (Å²) in [5, 5.41) is 0.